The Hall–Kier alpha value is -1.46. The maximum absolute atomic E-state index is 5.65. The molecule has 0 aliphatic rings. The van der Waals surface area contributed by atoms with Crippen LogP contribution in [0, 0.1) is 0 Å². The van der Waals surface area contributed by atoms with Gasteiger partial charge < -0.3 is 4.42 Å². The summed E-state index contributed by atoms with van der Waals surface area (Å²) < 4.78 is 6.60. The molecule has 0 amide bonds. The molecular weight excluding hydrogens is 300 g/mol. The van der Waals surface area contributed by atoms with Crippen molar-refractivity contribution in [3.8, 4) is 22.2 Å². The Morgan fingerprint density at radius 2 is 1.82 bits per heavy atom. The van der Waals surface area contributed by atoms with E-state index in [1.165, 1.54) is 0 Å². The maximum atomic E-state index is 5.65. The minimum absolute atomic E-state index is 0.529. The van der Waals surface area contributed by atoms with Crippen LogP contribution in [-0.4, -0.2) is 10.2 Å². The number of hydrogen-bond donors (Lipinski definition) is 0. The summed E-state index contributed by atoms with van der Waals surface area (Å²) in [5.41, 5.74) is 0.905. The van der Waals surface area contributed by atoms with E-state index in [4.69, 9.17) is 4.42 Å². The molecule has 3 aromatic rings. The molecule has 0 aliphatic carbocycles. The van der Waals surface area contributed by atoms with Gasteiger partial charge >= 0.3 is 0 Å². The third-order valence-corrected chi connectivity index (χ3v) is 3.81. The van der Waals surface area contributed by atoms with Crippen LogP contribution in [0.3, 0.4) is 0 Å². The van der Waals surface area contributed by atoms with Crippen molar-refractivity contribution in [2.75, 3.05) is 0 Å². The van der Waals surface area contributed by atoms with E-state index >= 15 is 0 Å². The summed E-state index contributed by atoms with van der Waals surface area (Å²) in [6.07, 6.45) is 0. The third-order valence-electron chi connectivity index (χ3n) is 2.26. The molecule has 0 bridgehead atoms. The highest BCUT2D eigenvalue weighted by atomic mass is 79.9. The van der Waals surface area contributed by atoms with Crippen molar-refractivity contribution >= 4 is 27.3 Å². The maximum Gasteiger partial charge on any atom is 0.258 e. The molecule has 0 saturated heterocycles. The largest absolute Gasteiger partial charge is 0.415 e. The molecule has 0 atom stereocenters. The van der Waals surface area contributed by atoms with E-state index in [9.17, 15) is 0 Å². The van der Waals surface area contributed by atoms with E-state index in [-0.39, 0.29) is 0 Å². The van der Waals surface area contributed by atoms with Gasteiger partial charge in [-0.15, -0.1) is 21.5 Å². The van der Waals surface area contributed by atoms with Crippen molar-refractivity contribution < 1.29 is 4.42 Å². The van der Waals surface area contributed by atoms with Crippen molar-refractivity contribution in [3.63, 3.8) is 0 Å². The zero-order valence-electron chi connectivity index (χ0n) is 8.63. The molecule has 3 nitrogen and oxygen atoms in total. The van der Waals surface area contributed by atoms with Crippen LogP contribution in [0.4, 0.5) is 0 Å². The molecule has 0 aliphatic heterocycles. The Morgan fingerprint density at radius 1 is 1.00 bits per heavy atom. The smallest absolute Gasteiger partial charge is 0.258 e. The van der Waals surface area contributed by atoms with Crippen LogP contribution in [-0.2, 0) is 0 Å². The second-order valence-electron chi connectivity index (χ2n) is 3.37. The molecule has 0 radical (unpaired) electrons. The van der Waals surface area contributed by atoms with Crippen LogP contribution < -0.4 is 0 Å². The van der Waals surface area contributed by atoms with E-state index in [0.717, 1.165) is 14.9 Å². The minimum atomic E-state index is 0.529. The second kappa shape index (κ2) is 4.43. The number of hydrogen-bond acceptors (Lipinski definition) is 4. The van der Waals surface area contributed by atoms with Crippen molar-refractivity contribution in [3.05, 3.63) is 46.3 Å². The summed E-state index contributed by atoms with van der Waals surface area (Å²) in [4.78, 5) is 0.982. The first-order valence-corrected chi connectivity index (χ1v) is 6.64. The molecule has 2 heterocycles. The summed E-state index contributed by atoms with van der Waals surface area (Å²) in [7, 11) is 0. The topological polar surface area (TPSA) is 38.9 Å². The highest BCUT2D eigenvalue weighted by Gasteiger charge is 2.12. The first-order valence-electron chi connectivity index (χ1n) is 4.97. The molecular formula is C12H7BrN2OS. The van der Waals surface area contributed by atoms with Crippen LogP contribution >= 0.6 is 27.3 Å². The molecule has 0 unspecified atom stereocenters. The van der Waals surface area contributed by atoms with Gasteiger partial charge in [0.2, 0.25) is 5.89 Å². The summed E-state index contributed by atoms with van der Waals surface area (Å²) in [6, 6.07) is 11.7. The standard InChI is InChI=1S/C12H7BrN2OS/c13-9-5-2-1-4-8(9)11-14-15-12(16-11)10-6-3-7-17-10/h1-7H. The molecule has 5 heteroatoms. The van der Waals surface area contributed by atoms with E-state index in [0.29, 0.717) is 11.8 Å². The highest BCUT2D eigenvalue weighted by molar-refractivity contribution is 9.10. The van der Waals surface area contributed by atoms with Crippen molar-refractivity contribution in [1.82, 2.24) is 10.2 Å². The Morgan fingerprint density at radius 3 is 2.59 bits per heavy atom. The summed E-state index contributed by atoms with van der Waals surface area (Å²) in [5, 5.41) is 10.1. The number of halogens is 1. The van der Waals surface area contributed by atoms with Crippen LogP contribution in [0.25, 0.3) is 22.2 Å². The quantitative estimate of drug-likeness (QED) is 0.711. The average Bonchev–Trinajstić information content (AvgIpc) is 3.00. The Labute approximate surface area is 110 Å². The van der Waals surface area contributed by atoms with Gasteiger partial charge in [-0.2, -0.15) is 0 Å². The lowest BCUT2D eigenvalue weighted by molar-refractivity contribution is 0.586. The number of rotatable bonds is 2. The van der Waals surface area contributed by atoms with Crippen LogP contribution in [0.1, 0.15) is 0 Å². The summed E-state index contributed by atoms with van der Waals surface area (Å²) >= 11 is 5.05. The Kier molecular flexibility index (Phi) is 2.78. The van der Waals surface area contributed by atoms with Crippen LogP contribution in [0.5, 0.6) is 0 Å². The highest BCUT2D eigenvalue weighted by Crippen LogP contribution is 2.30. The molecule has 1 aromatic carbocycles. The summed E-state index contributed by atoms with van der Waals surface area (Å²) in [6.45, 7) is 0. The zero-order chi connectivity index (χ0) is 11.7. The van der Waals surface area contributed by atoms with Gasteiger partial charge in [0, 0.05) is 4.47 Å². The van der Waals surface area contributed by atoms with E-state index in [1.807, 2.05) is 41.8 Å². The molecule has 17 heavy (non-hydrogen) atoms. The fraction of sp³-hybridized carbons (Fsp3) is 0. The van der Waals surface area contributed by atoms with Gasteiger partial charge in [-0.3, -0.25) is 0 Å². The van der Waals surface area contributed by atoms with E-state index in [1.54, 1.807) is 11.3 Å². The average molecular weight is 307 g/mol. The number of thiophene rings is 1. The third kappa shape index (κ3) is 2.03. The predicted molar refractivity (Wildman–Crippen MR) is 70.7 cm³/mol. The Balaban J connectivity index is 2.04. The molecule has 3 rings (SSSR count). The minimum Gasteiger partial charge on any atom is -0.415 e. The van der Waals surface area contributed by atoms with Crippen LogP contribution in [0.2, 0.25) is 0 Å². The predicted octanol–water partition coefficient (Wildman–Crippen LogP) is 4.23. The molecule has 0 saturated carbocycles. The van der Waals surface area contributed by atoms with Gasteiger partial charge in [-0.1, -0.05) is 18.2 Å². The zero-order valence-corrected chi connectivity index (χ0v) is 11.0. The lowest BCUT2D eigenvalue weighted by Gasteiger charge is -1.96. The first-order chi connectivity index (χ1) is 8.34. The van der Waals surface area contributed by atoms with Gasteiger partial charge in [0.1, 0.15) is 0 Å². The van der Waals surface area contributed by atoms with Gasteiger partial charge in [0.25, 0.3) is 5.89 Å². The van der Waals surface area contributed by atoms with Gasteiger partial charge in [0.05, 0.1) is 10.4 Å². The number of nitrogens with zero attached hydrogens (tertiary/aromatic N) is 2. The molecule has 0 spiro atoms. The van der Waals surface area contributed by atoms with Gasteiger partial charge in [0.15, 0.2) is 0 Å². The second-order valence-corrected chi connectivity index (χ2v) is 5.17. The van der Waals surface area contributed by atoms with Crippen molar-refractivity contribution in [1.29, 1.82) is 0 Å². The summed E-state index contributed by atoms with van der Waals surface area (Å²) in [5.74, 6) is 1.09. The first kappa shape index (κ1) is 10.7. The van der Waals surface area contributed by atoms with Crippen molar-refractivity contribution in [2.45, 2.75) is 0 Å². The lowest BCUT2D eigenvalue weighted by atomic mass is 10.2. The van der Waals surface area contributed by atoms with Crippen LogP contribution in [0.15, 0.2) is 50.7 Å². The van der Waals surface area contributed by atoms with Gasteiger partial charge in [-0.25, -0.2) is 0 Å². The number of aromatic nitrogens is 2. The monoisotopic (exact) mass is 306 g/mol. The fourth-order valence-corrected chi connectivity index (χ4v) is 2.57. The fourth-order valence-electron chi connectivity index (χ4n) is 1.47. The van der Waals surface area contributed by atoms with E-state index in [2.05, 4.69) is 26.1 Å². The number of benzene rings is 1. The van der Waals surface area contributed by atoms with E-state index < -0.39 is 0 Å². The molecule has 84 valence electrons. The van der Waals surface area contributed by atoms with Crippen molar-refractivity contribution in [2.24, 2.45) is 0 Å². The molecule has 0 N–H and O–H groups in total. The molecule has 0 fully saturated rings. The SMILES string of the molecule is Brc1ccccc1-c1nnc(-c2cccs2)o1. The lowest BCUT2D eigenvalue weighted by Crippen LogP contribution is -1.78. The Bertz CT molecular complexity index is 634. The van der Waals surface area contributed by atoms with Gasteiger partial charge in [-0.05, 0) is 39.5 Å². The normalized spacial score (nSPS) is 10.6. The molecule has 2 aromatic heterocycles.